The average molecular weight is 256 g/mol. The van der Waals surface area contributed by atoms with Crippen LogP contribution in [-0.2, 0) is 4.74 Å². The number of unbranched alkanes of at least 4 members (excludes halogenated alkanes) is 3. The topological polar surface area (TPSA) is 38.5 Å². The first-order valence-electron chi connectivity index (χ1n) is 7.74. The number of nitrogens with zero attached hydrogens (tertiary/aromatic N) is 1. The highest BCUT2D eigenvalue weighted by Crippen LogP contribution is 2.21. The summed E-state index contributed by atoms with van der Waals surface area (Å²) in [5.74, 6) is 0.768. The molecule has 3 heteroatoms. The van der Waals surface area contributed by atoms with Gasteiger partial charge in [0.15, 0.2) is 0 Å². The van der Waals surface area contributed by atoms with Crippen LogP contribution in [0.2, 0.25) is 0 Å². The van der Waals surface area contributed by atoms with E-state index in [0.29, 0.717) is 6.04 Å². The van der Waals surface area contributed by atoms with Crippen molar-refractivity contribution >= 4 is 0 Å². The molecule has 1 rings (SSSR count). The van der Waals surface area contributed by atoms with Crippen molar-refractivity contribution in [2.24, 2.45) is 11.7 Å². The summed E-state index contributed by atoms with van der Waals surface area (Å²) in [6.45, 7) is 6.44. The minimum atomic E-state index is 0.616. The summed E-state index contributed by atoms with van der Waals surface area (Å²) in [5, 5.41) is 0. The molecule has 18 heavy (non-hydrogen) atoms. The van der Waals surface area contributed by atoms with E-state index in [-0.39, 0.29) is 0 Å². The average Bonchev–Trinajstić information content (AvgIpc) is 2.41. The van der Waals surface area contributed by atoms with E-state index in [9.17, 15) is 0 Å². The first-order chi connectivity index (χ1) is 8.81. The number of hydrogen-bond donors (Lipinski definition) is 1. The number of hydrogen-bond acceptors (Lipinski definition) is 3. The van der Waals surface area contributed by atoms with Gasteiger partial charge in [-0.05, 0) is 38.3 Å². The fraction of sp³-hybridized carbons (Fsp3) is 1.00. The largest absolute Gasteiger partial charge is 0.384 e. The van der Waals surface area contributed by atoms with E-state index in [1.54, 1.807) is 0 Å². The van der Waals surface area contributed by atoms with Gasteiger partial charge in [-0.15, -0.1) is 0 Å². The van der Waals surface area contributed by atoms with Gasteiger partial charge >= 0.3 is 0 Å². The fourth-order valence-corrected chi connectivity index (χ4v) is 2.98. The van der Waals surface area contributed by atoms with E-state index in [1.807, 2.05) is 7.11 Å². The van der Waals surface area contributed by atoms with E-state index < -0.39 is 0 Å². The summed E-state index contributed by atoms with van der Waals surface area (Å²) >= 11 is 0. The van der Waals surface area contributed by atoms with Gasteiger partial charge in [0.2, 0.25) is 0 Å². The first-order valence-corrected chi connectivity index (χ1v) is 7.74. The van der Waals surface area contributed by atoms with Crippen LogP contribution >= 0.6 is 0 Å². The smallest absolute Gasteiger partial charge is 0.0491 e. The predicted molar refractivity (Wildman–Crippen MR) is 77.8 cm³/mol. The Morgan fingerprint density at radius 3 is 2.50 bits per heavy atom. The summed E-state index contributed by atoms with van der Waals surface area (Å²) in [6, 6.07) is 0.616. The number of piperidine rings is 1. The molecular weight excluding hydrogens is 224 g/mol. The number of rotatable bonds is 9. The quantitative estimate of drug-likeness (QED) is 0.645. The summed E-state index contributed by atoms with van der Waals surface area (Å²) < 4.78 is 5.25. The molecule has 0 aromatic rings. The summed E-state index contributed by atoms with van der Waals surface area (Å²) in [5.41, 5.74) is 5.95. The Hall–Kier alpha value is -0.120. The second kappa shape index (κ2) is 9.76. The Morgan fingerprint density at radius 2 is 1.94 bits per heavy atom. The molecule has 1 heterocycles. The lowest BCUT2D eigenvalue weighted by Crippen LogP contribution is -2.45. The minimum absolute atomic E-state index is 0.616. The Kier molecular flexibility index (Phi) is 8.64. The Labute approximate surface area is 113 Å². The lowest BCUT2D eigenvalue weighted by Gasteiger charge is -2.37. The van der Waals surface area contributed by atoms with Crippen LogP contribution in [0.15, 0.2) is 0 Å². The fourth-order valence-electron chi connectivity index (χ4n) is 2.98. The molecule has 0 spiro atoms. The molecule has 1 aliphatic heterocycles. The molecule has 0 aromatic heterocycles. The van der Waals surface area contributed by atoms with Gasteiger partial charge in [0, 0.05) is 26.3 Å². The van der Waals surface area contributed by atoms with Crippen molar-refractivity contribution in [3.05, 3.63) is 0 Å². The summed E-state index contributed by atoms with van der Waals surface area (Å²) in [6.07, 6.45) is 9.23. The Morgan fingerprint density at radius 1 is 1.22 bits per heavy atom. The molecule has 1 unspecified atom stereocenters. The maximum Gasteiger partial charge on any atom is 0.0491 e. The van der Waals surface area contributed by atoms with Gasteiger partial charge in [-0.2, -0.15) is 0 Å². The van der Waals surface area contributed by atoms with E-state index in [2.05, 4.69) is 11.8 Å². The van der Waals surface area contributed by atoms with Crippen molar-refractivity contribution in [2.75, 3.05) is 33.4 Å². The SMILES string of the molecule is CCCCCCC(CN)N1CCC(COC)CC1. The highest BCUT2D eigenvalue weighted by molar-refractivity contribution is 4.79. The first kappa shape index (κ1) is 15.9. The van der Waals surface area contributed by atoms with Crippen molar-refractivity contribution in [1.82, 2.24) is 4.90 Å². The second-order valence-corrected chi connectivity index (χ2v) is 5.67. The molecule has 0 aromatic carbocycles. The van der Waals surface area contributed by atoms with Crippen molar-refractivity contribution in [2.45, 2.75) is 57.9 Å². The van der Waals surface area contributed by atoms with Gasteiger partial charge in [-0.1, -0.05) is 32.6 Å². The molecule has 0 bridgehead atoms. The molecule has 1 saturated heterocycles. The van der Waals surface area contributed by atoms with Gasteiger partial charge < -0.3 is 10.5 Å². The van der Waals surface area contributed by atoms with Crippen LogP contribution in [-0.4, -0.2) is 44.3 Å². The molecule has 0 radical (unpaired) electrons. The minimum Gasteiger partial charge on any atom is -0.384 e. The normalized spacial score (nSPS) is 20.2. The van der Waals surface area contributed by atoms with E-state index in [4.69, 9.17) is 10.5 Å². The van der Waals surface area contributed by atoms with Crippen LogP contribution in [0.5, 0.6) is 0 Å². The van der Waals surface area contributed by atoms with Crippen LogP contribution in [0.25, 0.3) is 0 Å². The Balaban J connectivity index is 2.20. The highest BCUT2D eigenvalue weighted by Gasteiger charge is 2.23. The lowest BCUT2D eigenvalue weighted by molar-refractivity contribution is 0.0783. The van der Waals surface area contributed by atoms with Gasteiger partial charge in [-0.3, -0.25) is 4.90 Å². The lowest BCUT2D eigenvalue weighted by atomic mass is 9.95. The van der Waals surface area contributed by atoms with Crippen LogP contribution in [0.4, 0.5) is 0 Å². The van der Waals surface area contributed by atoms with Gasteiger partial charge in [0.25, 0.3) is 0 Å². The molecule has 108 valence electrons. The van der Waals surface area contributed by atoms with Crippen LogP contribution < -0.4 is 5.73 Å². The molecule has 3 nitrogen and oxygen atoms in total. The molecule has 0 aliphatic carbocycles. The number of methoxy groups -OCH3 is 1. The third-order valence-corrected chi connectivity index (χ3v) is 4.23. The monoisotopic (exact) mass is 256 g/mol. The van der Waals surface area contributed by atoms with Gasteiger partial charge in [-0.25, -0.2) is 0 Å². The number of ether oxygens (including phenoxy) is 1. The van der Waals surface area contributed by atoms with Gasteiger partial charge in [0.1, 0.15) is 0 Å². The summed E-state index contributed by atoms with van der Waals surface area (Å²) in [4.78, 5) is 2.61. The predicted octanol–water partition coefficient (Wildman–Crippen LogP) is 2.64. The number of likely N-dealkylation sites (tertiary alicyclic amines) is 1. The van der Waals surface area contributed by atoms with Crippen LogP contribution in [0.1, 0.15) is 51.9 Å². The van der Waals surface area contributed by atoms with Crippen molar-refractivity contribution < 1.29 is 4.74 Å². The number of nitrogens with two attached hydrogens (primary N) is 1. The van der Waals surface area contributed by atoms with Crippen LogP contribution in [0.3, 0.4) is 0 Å². The molecular formula is C15H32N2O. The molecule has 0 amide bonds. The van der Waals surface area contributed by atoms with Crippen molar-refractivity contribution in [3.63, 3.8) is 0 Å². The summed E-state index contributed by atoms with van der Waals surface area (Å²) in [7, 11) is 1.81. The maximum atomic E-state index is 5.95. The third kappa shape index (κ3) is 5.68. The molecule has 0 saturated carbocycles. The second-order valence-electron chi connectivity index (χ2n) is 5.67. The van der Waals surface area contributed by atoms with Crippen molar-refractivity contribution in [1.29, 1.82) is 0 Å². The molecule has 1 fully saturated rings. The molecule has 1 aliphatic rings. The van der Waals surface area contributed by atoms with Crippen LogP contribution in [0, 0.1) is 5.92 Å². The zero-order valence-electron chi connectivity index (χ0n) is 12.4. The molecule has 1 atom stereocenters. The maximum absolute atomic E-state index is 5.95. The standard InChI is InChI=1S/C15H32N2O/c1-3-4-5-6-7-15(12-16)17-10-8-14(9-11-17)13-18-2/h14-15H,3-13,16H2,1-2H3. The van der Waals surface area contributed by atoms with E-state index in [1.165, 1.54) is 58.0 Å². The van der Waals surface area contributed by atoms with E-state index in [0.717, 1.165) is 19.1 Å². The third-order valence-electron chi connectivity index (χ3n) is 4.23. The van der Waals surface area contributed by atoms with Crippen molar-refractivity contribution in [3.8, 4) is 0 Å². The zero-order valence-corrected chi connectivity index (χ0v) is 12.4. The van der Waals surface area contributed by atoms with E-state index >= 15 is 0 Å². The molecule has 2 N–H and O–H groups in total. The van der Waals surface area contributed by atoms with Gasteiger partial charge in [0.05, 0.1) is 0 Å². The Bertz CT molecular complexity index is 188. The zero-order chi connectivity index (χ0) is 13.2. The highest BCUT2D eigenvalue weighted by atomic mass is 16.5.